The number of hydrogen-bond donors (Lipinski definition) is 0. The van der Waals surface area contributed by atoms with E-state index in [0.717, 1.165) is 0 Å². The van der Waals surface area contributed by atoms with E-state index in [1.165, 1.54) is 30.6 Å². The van der Waals surface area contributed by atoms with Crippen LogP contribution in [0.4, 0.5) is 5.69 Å². The highest BCUT2D eigenvalue weighted by Gasteiger charge is 2.12. The first-order valence-electron chi connectivity index (χ1n) is 4.65. The van der Waals surface area contributed by atoms with E-state index in [9.17, 15) is 10.1 Å². The van der Waals surface area contributed by atoms with Crippen LogP contribution in [0.15, 0.2) is 30.6 Å². The van der Waals surface area contributed by atoms with Crippen LogP contribution in [0.5, 0.6) is 11.6 Å². The summed E-state index contributed by atoms with van der Waals surface area (Å²) in [4.78, 5) is 17.6. The number of hydrogen-bond acceptors (Lipinski definition) is 5. The lowest BCUT2D eigenvalue weighted by molar-refractivity contribution is -0.384. The summed E-state index contributed by atoms with van der Waals surface area (Å²) in [5, 5.41) is 11.1. The zero-order valence-corrected chi connectivity index (χ0v) is 10.2. The molecule has 0 unspecified atom stereocenters. The van der Waals surface area contributed by atoms with E-state index < -0.39 is 4.92 Å². The van der Waals surface area contributed by atoms with Crippen molar-refractivity contribution < 1.29 is 9.66 Å². The van der Waals surface area contributed by atoms with Crippen LogP contribution in [0, 0.1) is 10.1 Å². The average Bonchev–Trinajstić information content (AvgIpc) is 2.31. The lowest BCUT2D eigenvalue weighted by atomic mass is 10.3. The summed E-state index contributed by atoms with van der Waals surface area (Å²) in [7, 11) is 0. The Balaban J connectivity index is 2.33. The Hall–Kier alpha value is -1.92. The Bertz CT molecular complexity index is 607. The Labute approximate surface area is 111 Å². The first-order valence-corrected chi connectivity index (χ1v) is 5.41. The molecule has 0 aliphatic heterocycles. The fourth-order valence-electron chi connectivity index (χ4n) is 1.17. The summed E-state index contributed by atoms with van der Waals surface area (Å²) >= 11 is 11.5. The van der Waals surface area contributed by atoms with E-state index in [4.69, 9.17) is 27.9 Å². The largest absolute Gasteiger partial charge is 0.437 e. The highest BCUT2D eigenvalue weighted by atomic mass is 35.5. The number of nitrogens with zero attached hydrogens (tertiary/aromatic N) is 3. The molecule has 0 amide bonds. The molecular weight excluding hydrogens is 281 g/mol. The van der Waals surface area contributed by atoms with Crippen molar-refractivity contribution in [3.05, 3.63) is 50.9 Å². The molecule has 92 valence electrons. The van der Waals surface area contributed by atoms with E-state index in [2.05, 4.69) is 9.97 Å². The molecule has 1 heterocycles. The minimum atomic E-state index is -0.545. The summed E-state index contributed by atoms with van der Waals surface area (Å²) in [5.41, 5.74) is -0.130. The van der Waals surface area contributed by atoms with Gasteiger partial charge in [-0.15, -0.1) is 0 Å². The minimum Gasteiger partial charge on any atom is -0.437 e. The van der Waals surface area contributed by atoms with Gasteiger partial charge in [0.1, 0.15) is 11.5 Å². The topological polar surface area (TPSA) is 78.2 Å². The van der Waals surface area contributed by atoms with Crippen molar-refractivity contribution in [1.29, 1.82) is 0 Å². The van der Waals surface area contributed by atoms with Crippen LogP contribution >= 0.6 is 23.2 Å². The van der Waals surface area contributed by atoms with Crippen molar-refractivity contribution in [3.8, 4) is 11.6 Å². The number of nitro groups is 1. The summed E-state index contributed by atoms with van der Waals surface area (Å²) in [6.07, 6.45) is 1.21. The molecule has 6 nitrogen and oxygen atoms in total. The highest BCUT2D eigenvalue weighted by Crippen LogP contribution is 2.32. The number of non-ortho nitro benzene ring substituents is 1. The highest BCUT2D eigenvalue weighted by molar-refractivity contribution is 6.32. The third-order valence-corrected chi connectivity index (χ3v) is 2.47. The second-order valence-corrected chi connectivity index (χ2v) is 3.95. The fourth-order valence-corrected chi connectivity index (χ4v) is 1.46. The number of ether oxygens (including phenoxy) is 1. The van der Waals surface area contributed by atoms with Gasteiger partial charge < -0.3 is 4.74 Å². The Kier molecular flexibility index (Phi) is 3.59. The van der Waals surface area contributed by atoms with Gasteiger partial charge in [-0.25, -0.2) is 9.97 Å². The molecular formula is C10H5Cl2N3O3. The third-order valence-electron chi connectivity index (χ3n) is 1.95. The molecule has 0 bridgehead atoms. The number of halogens is 2. The van der Waals surface area contributed by atoms with Crippen molar-refractivity contribution in [3.63, 3.8) is 0 Å². The monoisotopic (exact) mass is 285 g/mol. The molecule has 18 heavy (non-hydrogen) atoms. The molecule has 2 aromatic rings. The van der Waals surface area contributed by atoms with Crippen molar-refractivity contribution in [2.24, 2.45) is 0 Å². The third kappa shape index (κ3) is 2.85. The molecule has 0 fully saturated rings. The second kappa shape index (κ2) is 5.16. The maximum absolute atomic E-state index is 10.6. The Morgan fingerprint density at radius 1 is 1.22 bits per heavy atom. The normalized spacial score (nSPS) is 10.1. The van der Waals surface area contributed by atoms with Gasteiger partial charge in [0.2, 0.25) is 5.88 Å². The quantitative estimate of drug-likeness (QED) is 0.490. The van der Waals surface area contributed by atoms with Gasteiger partial charge in [0.15, 0.2) is 5.75 Å². The van der Waals surface area contributed by atoms with E-state index in [-0.39, 0.29) is 27.5 Å². The zero-order valence-electron chi connectivity index (χ0n) is 8.71. The lowest BCUT2D eigenvalue weighted by Gasteiger charge is -2.06. The predicted molar refractivity (Wildman–Crippen MR) is 65.2 cm³/mol. The number of benzene rings is 1. The fraction of sp³-hybridized carbons (Fsp3) is 0. The molecule has 0 saturated carbocycles. The van der Waals surface area contributed by atoms with Crippen LogP contribution in [-0.4, -0.2) is 14.9 Å². The van der Waals surface area contributed by atoms with Crippen LogP contribution in [0.3, 0.4) is 0 Å². The number of nitro benzene ring substituents is 1. The van der Waals surface area contributed by atoms with Crippen LogP contribution < -0.4 is 4.74 Å². The van der Waals surface area contributed by atoms with Gasteiger partial charge in [-0.2, -0.15) is 0 Å². The van der Waals surface area contributed by atoms with Gasteiger partial charge in [-0.3, -0.25) is 10.1 Å². The predicted octanol–water partition coefficient (Wildman–Crippen LogP) is 3.48. The first-order chi connectivity index (χ1) is 8.56. The maximum Gasteiger partial charge on any atom is 0.273 e. The summed E-state index contributed by atoms with van der Waals surface area (Å²) < 4.78 is 5.31. The van der Waals surface area contributed by atoms with E-state index in [1.807, 2.05) is 0 Å². The van der Waals surface area contributed by atoms with Crippen LogP contribution in [0.2, 0.25) is 10.2 Å². The second-order valence-electron chi connectivity index (χ2n) is 3.15. The van der Waals surface area contributed by atoms with E-state index in [1.54, 1.807) is 0 Å². The lowest BCUT2D eigenvalue weighted by Crippen LogP contribution is -1.92. The molecule has 1 aromatic carbocycles. The van der Waals surface area contributed by atoms with Crippen molar-refractivity contribution in [2.75, 3.05) is 0 Å². The molecule has 0 radical (unpaired) electrons. The summed E-state index contributed by atoms with van der Waals surface area (Å²) in [6, 6.07) is 5.23. The van der Waals surface area contributed by atoms with Crippen molar-refractivity contribution >= 4 is 28.9 Å². The van der Waals surface area contributed by atoms with Crippen LogP contribution in [-0.2, 0) is 0 Å². The van der Waals surface area contributed by atoms with E-state index >= 15 is 0 Å². The molecule has 0 aliphatic carbocycles. The smallest absolute Gasteiger partial charge is 0.273 e. The molecule has 0 spiro atoms. The number of aromatic nitrogens is 2. The van der Waals surface area contributed by atoms with E-state index in [0.29, 0.717) is 0 Å². The molecule has 0 atom stereocenters. The van der Waals surface area contributed by atoms with Gasteiger partial charge in [0.25, 0.3) is 5.69 Å². The first kappa shape index (κ1) is 12.5. The maximum atomic E-state index is 10.6. The standard InChI is InChI=1S/C10H5Cl2N3O3/c11-7-2-1-6(15(16)17)3-8(7)18-10-4-9(12)13-5-14-10/h1-5H. The van der Waals surface area contributed by atoms with Gasteiger partial charge in [-0.05, 0) is 6.07 Å². The molecule has 8 heteroatoms. The summed E-state index contributed by atoms with van der Waals surface area (Å²) in [6.45, 7) is 0. The van der Waals surface area contributed by atoms with Gasteiger partial charge in [-0.1, -0.05) is 23.2 Å². The van der Waals surface area contributed by atoms with Gasteiger partial charge in [0, 0.05) is 12.1 Å². The average molecular weight is 286 g/mol. The van der Waals surface area contributed by atoms with Gasteiger partial charge in [0.05, 0.1) is 16.0 Å². The zero-order chi connectivity index (χ0) is 13.1. The molecule has 1 aromatic heterocycles. The molecule has 0 N–H and O–H groups in total. The summed E-state index contributed by atoms with van der Waals surface area (Å²) in [5.74, 6) is 0.276. The Morgan fingerprint density at radius 2 is 2.00 bits per heavy atom. The minimum absolute atomic E-state index is 0.126. The van der Waals surface area contributed by atoms with Crippen LogP contribution in [0.25, 0.3) is 0 Å². The van der Waals surface area contributed by atoms with Crippen LogP contribution in [0.1, 0.15) is 0 Å². The molecule has 0 aliphatic rings. The van der Waals surface area contributed by atoms with Gasteiger partial charge >= 0.3 is 0 Å². The number of rotatable bonds is 3. The SMILES string of the molecule is O=[N+]([O-])c1ccc(Cl)c(Oc2cc(Cl)ncn2)c1. The molecule has 2 rings (SSSR count). The molecule has 0 saturated heterocycles. The van der Waals surface area contributed by atoms with Crippen molar-refractivity contribution in [2.45, 2.75) is 0 Å². The Morgan fingerprint density at radius 3 is 2.67 bits per heavy atom. The van der Waals surface area contributed by atoms with Crippen molar-refractivity contribution in [1.82, 2.24) is 9.97 Å².